The Bertz CT molecular complexity index is 911. The van der Waals surface area contributed by atoms with E-state index in [-0.39, 0.29) is 6.04 Å². The number of ether oxygens (including phenoxy) is 2. The molecule has 1 heterocycles. The van der Waals surface area contributed by atoms with Crippen molar-refractivity contribution >= 4 is 50.9 Å². The smallest absolute Gasteiger partial charge is 0.415 e. The van der Waals surface area contributed by atoms with Gasteiger partial charge in [0.15, 0.2) is 0 Å². The zero-order valence-electron chi connectivity index (χ0n) is 16.2. The molecule has 1 amide bonds. The monoisotopic (exact) mass is 485 g/mol. The molecule has 4 nitrogen and oxygen atoms in total. The molecule has 0 saturated carbocycles. The van der Waals surface area contributed by atoms with E-state index in [9.17, 15) is 4.79 Å². The molecule has 1 aliphatic rings. The summed E-state index contributed by atoms with van der Waals surface area (Å²) in [5.74, 6) is 0.559. The molecule has 7 heteroatoms. The molecule has 0 saturated heterocycles. The first-order valence-corrected chi connectivity index (χ1v) is 10.5. The van der Waals surface area contributed by atoms with Crippen LogP contribution in [0.5, 0.6) is 5.75 Å². The van der Waals surface area contributed by atoms with E-state index in [1.807, 2.05) is 45.0 Å². The van der Waals surface area contributed by atoms with Crippen LogP contribution in [0.4, 0.5) is 10.5 Å². The maximum absolute atomic E-state index is 13.3. The fourth-order valence-corrected chi connectivity index (χ4v) is 4.30. The molecule has 0 spiro atoms. The van der Waals surface area contributed by atoms with Crippen molar-refractivity contribution in [2.45, 2.75) is 45.3 Å². The fourth-order valence-electron chi connectivity index (χ4n) is 3.42. The molecule has 0 N–H and O–H groups in total. The van der Waals surface area contributed by atoms with E-state index >= 15 is 0 Å². The van der Waals surface area contributed by atoms with Crippen molar-refractivity contribution in [3.63, 3.8) is 0 Å². The van der Waals surface area contributed by atoms with Crippen LogP contribution in [0.25, 0.3) is 0 Å². The van der Waals surface area contributed by atoms with Crippen LogP contribution in [-0.4, -0.2) is 18.8 Å². The van der Waals surface area contributed by atoms with Crippen molar-refractivity contribution in [1.29, 1.82) is 0 Å². The van der Waals surface area contributed by atoms with Gasteiger partial charge in [0.1, 0.15) is 11.4 Å². The van der Waals surface area contributed by atoms with E-state index in [1.165, 1.54) is 0 Å². The fraction of sp³-hybridized carbons (Fsp3) is 0.381. The van der Waals surface area contributed by atoms with Gasteiger partial charge in [-0.2, -0.15) is 0 Å². The van der Waals surface area contributed by atoms with Gasteiger partial charge in [-0.3, -0.25) is 4.90 Å². The number of hydrogen-bond donors (Lipinski definition) is 0. The molecule has 0 fully saturated rings. The summed E-state index contributed by atoms with van der Waals surface area (Å²) >= 11 is 16.3. The van der Waals surface area contributed by atoms with Crippen LogP contribution in [0.15, 0.2) is 34.8 Å². The molecule has 0 aliphatic carbocycles. The lowest BCUT2D eigenvalue weighted by Crippen LogP contribution is -2.42. The van der Waals surface area contributed by atoms with E-state index in [0.717, 1.165) is 15.6 Å². The maximum Gasteiger partial charge on any atom is 0.415 e. The summed E-state index contributed by atoms with van der Waals surface area (Å²) in [6, 6.07) is 9.07. The largest absolute Gasteiger partial charge is 0.495 e. The first-order valence-electron chi connectivity index (χ1n) is 8.95. The predicted molar refractivity (Wildman–Crippen MR) is 117 cm³/mol. The normalized spacial score (nSPS) is 16.5. The van der Waals surface area contributed by atoms with Crippen molar-refractivity contribution in [2.75, 3.05) is 12.0 Å². The second-order valence-corrected chi connectivity index (χ2v) is 9.33. The third-order valence-corrected chi connectivity index (χ3v) is 6.04. The van der Waals surface area contributed by atoms with E-state index < -0.39 is 11.7 Å². The average Bonchev–Trinajstić information content (AvgIpc) is 2.62. The minimum absolute atomic E-state index is 0.243. The molecule has 150 valence electrons. The lowest BCUT2D eigenvalue weighted by molar-refractivity contribution is 0.0559. The summed E-state index contributed by atoms with van der Waals surface area (Å²) in [7, 11) is 1.58. The molecule has 0 bridgehead atoms. The van der Waals surface area contributed by atoms with Gasteiger partial charge in [-0.15, -0.1) is 0 Å². The van der Waals surface area contributed by atoms with Gasteiger partial charge in [0.25, 0.3) is 0 Å². The highest BCUT2D eigenvalue weighted by atomic mass is 79.9. The summed E-state index contributed by atoms with van der Waals surface area (Å²) in [4.78, 5) is 14.9. The Labute approximate surface area is 183 Å². The Morgan fingerprint density at radius 3 is 2.57 bits per heavy atom. The highest BCUT2D eigenvalue weighted by molar-refractivity contribution is 9.10. The van der Waals surface area contributed by atoms with E-state index in [1.54, 1.807) is 18.1 Å². The molecule has 2 aromatic carbocycles. The summed E-state index contributed by atoms with van der Waals surface area (Å²) in [6.45, 7) is 5.53. The second-order valence-electron chi connectivity index (χ2n) is 7.66. The third kappa shape index (κ3) is 4.27. The summed E-state index contributed by atoms with van der Waals surface area (Å²) in [6.07, 6.45) is 0.932. The standard InChI is InChI=1S/C21H22BrCl2NO3/c1-21(2,3)28-20(26)25-16(12-6-5-7-13(23)10-12)9-8-14-18(24)15(22)11-17(27-4)19(14)25/h5-7,10-11,16H,8-9H2,1-4H3. The highest BCUT2D eigenvalue weighted by Crippen LogP contribution is 2.49. The number of benzene rings is 2. The first kappa shape index (κ1) is 21.3. The Hall–Kier alpha value is -1.43. The lowest BCUT2D eigenvalue weighted by atomic mass is 9.91. The molecule has 1 atom stereocenters. The van der Waals surface area contributed by atoms with Gasteiger partial charge in [0.05, 0.1) is 23.9 Å². The Morgan fingerprint density at radius 1 is 1.25 bits per heavy atom. The van der Waals surface area contributed by atoms with Crippen LogP contribution in [0.1, 0.15) is 44.4 Å². The Balaban J connectivity index is 2.19. The van der Waals surface area contributed by atoms with Gasteiger partial charge in [-0.05, 0) is 78.9 Å². The second kappa shape index (κ2) is 8.13. The molecule has 0 radical (unpaired) electrons. The predicted octanol–water partition coefficient (Wildman–Crippen LogP) is 7.19. The summed E-state index contributed by atoms with van der Waals surface area (Å²) < 4.78 is 12.1. The van der Waals surface area contributed by atoms with Crippen LogP contribution in [0, 0.1) is 0 Å². The number of amides is 1. The number of halogens is 3. The van der Waals surface area contributed by atoms with Gasteiger partial charge < -0.3 is 9.47 Å². The number of hydrogen-bond acceptors (Lipinski definition) is 3. The van der Waals surface area contributed by atoms with Crippen molar-refractivity contribution < 1.29 is 14.3 Å². The molecule has 3 rings (SSSR count). The SMILES string of the molecule is COc1cc(Br)c(Cl)c2c1N(C(=O)OC(C)(C)C)C(c1cccc(Cl)c1)CC2. The topological polar surface area (TPSA) is 38.8 Å². The molecule has 1 unspecified atom stereocenters. The molecular weight excluding hydrogens is 465 g/mol. The van der Waals surface area contributed by atoms with Crippen LogP contribution in [0.2, 0.25) is 10.0 Å². The molecule has 28 heavy (non-hydrogen) atoms. The lowest BCUT2D eigenvalue weighted by Gasteiger charge is -2.39. The van der Waals surface area contributed by atoms with Crippen molar-refractivity contribution in [3.8, 4) is 5.75 Å². The number of fused-ring (bicyclic) bond motifs is 1. The quantitative estimate of drug-likeness (QED) is 0.450. The number of nitrogens with zero attached hydrogens (tertiary/aromatic N) is 1. The van der Waals surface area contributed by atoms with Gasteiger partial charge in [0, 0.05) is 9.50 Å². The number of anilines is 1. The number of rotatable bonds is 2. The van der Waals surface area contributed by atoms with Crippen molar-refractivity contribution in [2.24, 2.45) is 0 Å². The average molecular weight is 487 g/mol. The Morgan fingerprint density at radius 2 is 1.96 bits per heavy atom. The molecular formula is C21H22BrCl2NO3. The first-order chi connectivity index (χ1) is 13.1. The molecule has 2 aromatic rings. The number of methoxy groups -OCH3 is 1. The van der Waals surface area contributed by atoms with Gasteiger partial charge in [0.2, 0.25) is 0 Å². The maximum atomic E-state index is 13.3. The van der Waals surface area contributed by atoms with E-state index in [2.05, 4.69) is 15.9 Å². The minimum Gasteiger partial charge on any atom is -0.495 e. The van der Waals surface area contributed by atoms with E-state index in [4.69, 9.17) is 32.7 Å². The van der Waals surface area contributed by atoms with Gasteiger partial charge >= 0.3 is 6.09 Å². The Kier molecular flexibility index (Phi) is 6.18. The molecule has 1 aliphatic heterocycles. The van der Waals surface area contributed by atoms with Gasteiger partial charge in [-0.1, -0.05) is 35.3 Å². The summed E-state index contributed by atoms with van der Waals surface area (Å²) in [5.41, 5.74) is 1.79. The summed E-state index contributed by atoms with van der Waals surface area (Å²) in [5, 5.41) is 1.20. The molecule has 0 aromatic heterocycles. The van der Waals surface area contributed by atoms with E-state index in [0.29, 0.717) is 34.3 Å². The van der Waals surface area contributed by atoms with Crippen LogP contribution in [-0.2, 0) is 11.2 Å². The van der Waals surface area contributed by atoms with Crippen molar-refractivity contribution in [1.82, 2.24) is 0 Å². The highest BCUT2D eigenvalue weighted by Gasteiger charge is 2.38. The van der Waals surface area contributed by atoms with Crippen molar-refractivity contribution in [3.05, 3.63) is 56.0 Å². The minimum atomic E-state index is -0.639. The zero-order valence-corrected chi connectivity index (χ0v) is 19.3. The van der Waals surface area contributed by atoms with Crippen LogP contribution in [0.3, 0.4) is 0 Å². The number of carbonyl (C=O) groups excluding carboxylic acids is 1. The van der Waals surface area contributed by atoms with Crippen LogP contribution >= 0.6 is 39.1 Å². The number of carbonyl (C=O) groups is 1. The third-order valence-electron chi connectivity index (χ3n) is 4.52. The van der Waals surface area contributed by atoms with Crippen LogP contribution < -0.4 is 9.64 Å². The zero-order chi connectivity index (χ0) is 20.6. The van der Waals surface area contributed by atoms with Gasteiger partial charge in [-0.25, -0.2) is 4.79 Å².